The highest BCUT2D eigenvalue weighted by molar-refractivity contribution is 5.32. The fraction of sp³-hybridized carbons (Fsp3) is 1.00. The lowest BCUT2D eigenvalue weighted by molar-refractivity contribution is -0.365. The number of hydrogen-bond acceptors (Lipinski definition) is 3. The molecule has 0 radical (unpaired) electrons. The molecular formula is C26H54N2O. The second kappa shape index (κ2) is 8.10. The van der Waals surface area contributed by atoms with E-state index in [2.05, 4.69) is 76.2 Å². The lowest BCUT2D eigenvalue weighted by Gasteiger charge is -2.82. The lowest BCUT2D eigenvalue weighted by Crippen LogP contribution is -2.90. The van der Waals surface area contributed by atoms with Gasteiger partial charge in [-0.2, -0.15) is 0 Å². The van der Waals surface area contributed by atoms with Crippen molar-refractivity contribution >= 4 is 0 Å². The summed E-state index contributed by atoms with van der Waals surface area (Å²) in [6.07, 6.45) is 7.44. The van der Waals surface area contributed by atoms with Crippen LogP contribution in [0.4, 0.5) is 0 Å². The Hall–Kier alpha value is -0.120. The minimum absolute atomic E-state index is 0.0125. The molecule has 4 unspecified atom stereocenters. The van der Waals surface area contributed by atoms with Crippen LogP contribution in [0.2, 0.25) is 0 Å². The van der Waals surface area contributed by atoms with E-state index in [-0.39, 0.29) is 27.1 Å². The van der Waals surface area contributed by atoms with Gasteiger partial charge >= 0.3 is 0 Å². The summed E-state index contributed by atoms with van der Waals surface area (Å²) in [5.74, 6) is 0. The molecule has 174 valence electrons. The summed E-state index contributed by atoms with van der Waals surface area (Å²) in [6, 6.07) is 0. The molecule has 0 spiro atoms. The maximum Gasteiger partial charge on any atom is 0.103 e. The van der Waals surface area contributed by atoms with Gasteiger partial charge in [0.15, 0.2) is 0 Å². The maximum absolute atomic E-state index is 7.35. The number of methoxy groups -OCH3 is 1. The van der Waals surface area contributed by atoms with Gasteiger partial charge in [-0.3, -0.25) is 0 Å². The average Bonchev–Trinajstić information content (AvgIpc) is 2.74. The van der Waals surface area contributed by atoms with E-state index in [4.69, 9.17) is 16.2 Å². The second-order valence-corrected chi connectivity index (χ2v) is 10.8. The van der Waals surface area contributed by atoms with E-state index >= 15 is 0 Å². The molecule has 29 heavy (non-hydrogen) atoms. The van der Waals surface area contributed by atoms with Crippen molar-refractivity contribution in [2.75, 3.05) is 7.11 Å². The van der Waals surface area contributed by atoms with Gasteiger partial charge in [0, 0.05) is 17.9 Å². The van der Waals surface area contributed by atoms with Crippen LogP contribution < -0.4 is 11.5 Å². The Balaban J connectivity index is 4.44. The molecule has 0 aromatic heterocycles. The van der Waals surface area contributed by atoms with Crippen LogP contribution in [-0.2, 0) is 4.74 Å². The van der Waals surface area contributed by atoms with E-state index in [1.165, 1.54) is 0 Å². The molecular weight excluding hydrogens is 356 g/mol. The highest BCUT2D eigenvalue weighted by Crippen LogP contribution is 2.81. The van der Waals surface area contributed by atoms with Gasteiger partial charge in [0.1, 0.15) is 5.60 Å². The van der Waals surface area contributed by atoms with Gasteiger partial charge in [0.05, 0.1) is 5.66 Å². The Kier molecular flexibility index (Phi) is 7.51. The molecule has 1 fully saturated rings. The van der Waals surface area contributed by atoms with Gasteiger partial charge in [-0.15, -0.1) is 0 Å². The maximum atomic E-state index is 7.35. The van der Waals surface area contributed by atoms with Crippen LogP contribution in [0.15, 0.2) is 0 Å². The van der Waals surface area contributed by atoms with E-state index in [0.29, 0.717) is 0 Å². The van der Waals surface area contributed by atoms with Crippen molar-refractivity contribution in [3.05, 3.63) is 0 Å². The van der Waals surface area contributed by atoms with E-state index in [1.807, 2.05) is 7.11 Å². The summed E-state index contributed by atoms with van der Waals surface area (Å²) in [6.45, 7) is 26.1. The molecule has 1 saturated carbocycles. The Morgan fingerprint density at radius 1 is 0.690 bits per heavy atom. The second-order valence-electron chi connectivity index (χ2n) is 10.8. The molecule has 1 rings (SSSR count). The molecule has 0 aromatic rings. The first kappa shape index (κ1) is 26.9. The number of ether oxygens (including phenoxy) is 1. The monoisotopic (exact) mass is 410 g/mol. The minimum Gasteiger partial charge on any atom is -0.375 e. The van der Waals surface area contributed by atoms with E-state index in [9.17, 15) is 0 Å². The standard InChI is InChI=1S/C26H54N2O/c1-13-20(8,14-2)25(19-7)23(11,29-12)26(27,28)22(10,16-4)21(9,15-3)24(25,17-5)18-6/h13-19,27-28H2,1-12H3. The Morgan fingerprint density at radius 3 is 1.34 bits per heavy atom. The third-order valence-corrected chi connectivity index (χ3v) is 11.8. The molecule has 0 aliphatic heterocycles. The summed E-state index contributed by atoms with van der Waals surface area (Å²) in [4.78, 5) is 0. The van der Waals surface area contributed by atoms with Crippen molar-refractivity contribution in [3.8, 4) is 0 Å². The number of nitrogens with two attached hydrogens (primary N) is 2. The van der Waals surface area contributed by atoms with Gasteiger partial charge in [-0.05, 0) is 55.3 Å². The third-order valence-electron chi connectivity index (χ3n) is 11.8. The van der Waals surface area contributed by atoms with Crippen LogP contribution in [0.5, 0.6) is 0 Å². The SMILES string of the molecule is CCC(C)(CC)C1(CC)C(CC)(CC)C(C)(CC)C(C)(CC)C(N)(N)C1(C)OC. The van der Waals surface area contributed by atoms with Gasteiger partial charge in [0.2, 0.25) is 0 Å². The molecule has 3 heteroatoms. The van der Waals surface area contributed by atoms with Crippen LogP contribution in [0, 0.1) is 27.1 Å². The van der Waals surface area contributed by atoms with Crippen molar-refractivity contribution in [2.24, 2.45) is 38.5 Å². The molecule has 4 atom stereocenters. The first-order chi connectivity index (χ1) is 13.2. The van der Waals surface area contributed by atoms with Crippen molar-refractivity contribution in [3.63, 3.8) is 0 Å². The van der Waals surface area contributed by atoms with E-state index < -0.39 is 11.3 Å². The molecule has 1 aliphatic carbocycles. The average molecular weight is 411 g/mol. The summed E-state index contributed by atoms with van der Waals surface area (Å²) in [5.41, 5.74) is 12.8. The fourth-order valence-corrected chi connectivity index (χ4v) is 9.29. The van der Waals surface area contributed by atoms with Crippen molar-refractivity contribution in [1.82, 2.24) is 0 Å². The first-order valence-corrected chi connectivity index (χ1v) is 12.4. The van der Waals surface area contributed by atoms with Crippen LogP contribution in [0.3, 0.4) is 0 Å². The van der Waals surface area contributed by atoms with Gasteiger partial charge in [-0.1, -0.05) is 82.1 Å². The Bertz CT molecular complexity index is 565. The van der Waals surface area contributed by atoms with Gasteiger partial charge in [0.25, 0.3) is 0 Å². The summed E-state index contributed by atoms with van der Waals surface area (Å²) in [7, 11) is 1.85. The van der Waals surface area contributed by atoms with Crippen molar-refractivity contribution in [1.29, 1.82) is 0 Å². The zero-order chi connectivity index (χ0) is 23.2. The lowest BCUT2D eigenvalue weighted by atomic mass is 9.25. The molecule has 1 aliphatic rings. The van der Waals surface area contributed by atoms with E-state index in [1.54, 1.807) is 0 Å². The van der Waals surface area contributed by atoms with Gasteiger partial charge in [-0.25, -0.2) is 0 Å². The van der Waals surface area contributed by atoms with E-state index in [0.717, 1.165) is 44.9 Å². The molecule has 0 heterocycles. The predicted octanol–water partition coefficient (Wildman–Crippen LogP) is 6.88. The molecule has 0 aromatic carbocycles. The van der Waals surface area contributed by atoms with Crippen molar-refractivity contribution in [2.45, 2.75) is 132 Å². The highest BCUT2D eigenvalue weighted by Gasteiger charge is 2.82. The molecule has 0 amide bonds. The summed E-state index contributed by atoms with van der Waals surface area (Å²) < 4.78 is 6.59. The summed E-state index contributed by atoms with van der Waals surface area (Å²) >= 11 is 0. The predicted molar refractivity (Wildman–Crippen MR) is 128 cm³/mol. The molecule has 0 bridgehead atoms. The molecule has 3 nitrogen and oxygen atoms in total. The topological polar surface area (TPSA) is 61.3 Å². The number of hydrogen-bond donors (Lipinski definition) is 2. The Morgan fingerprint density at radius 2 is 1.10 bits per heavy atom. The van der Waals surface area contributed by atoms with Crippen LogP contribution in [-0.4, -0.2) is 18.4 Å². The largest absolute Gasteiger partial charge is 0.375 e. The normalized spacial score (nSPS) is 39.5. The van der Waals surface area contributed by atoms with Crippen LogP contribution in [0.25, 0.3) is 0 Å². The van der Waals surface area contributed by atoms with Crippen LogP contribution >= 0.6 is 0 Å². The molecule has 0 saturated heterocycles. The first-order valence-electron chi connectivity index (χ1n) is 12.4. The highest BCUT2D eigenvalue weighted by atomic mass is 16.5. The third kappa shape index (κ3) is 2.47. The van der Waals surface area contributed by atoms with Crippen molar-refractivity contribution < 1.29 is 4.74 Å². The zero-order valence-corrected chi connectivity index (χ0v) is 22.0. The zero-order valence-electron chi connectivity index (χ0n) is 22.0. The minimum atomic E-state index is -0.955. The molecule has 4 N–H and O–H groups in total. The smallest absolute Gasteiger partial charge is 0.103 e. The Labute approximate surface area is 183 Å². The quantitative estimate of drug-likeness (QED) is 0.407. The fourth-order valence-electron chi connectivity index (χ4n) is 9.29. The number of rotatable bonds is 9. The summed E-state index contributed by atoms with van der Waals surface area (Å²) in [5, 5.41) is 0. The van der Waals surface area contributed by atoms with Crippen LogP contribution in [0.1, 0.15) is 121 Å². The van der Waals surface area contributed by atoms with Gasteiger partial charge < -0.3 is 16.2 Å².